The lowest BCUT2D eigenvalue weighted by molar-refractivity contribution is -0.115. The Bertz CT molecular complexity index is 484. The van der Waals surface area contributed by atoms with Crippen LogP contribution < -0.4 is 0 Å². The summed E-state index contributed by atoms with van der Waals surface area (Å²) in [4.78, 5) is 11.5. The highest BCUT2D eigenvalue weighted by Crippen LogP contribution is 2.46. The number of hydrogen-bond donors (Lipinski definition) is 0. The van der Waals surface area contributed by atoms with Crippen molar-refractivity contribution in [2.75, 3.05) is 0 Å². The van der Waals surface area contributed by atoms with Crippen molar-refractivity contribution in [1.82, 2.24) is 0 Å². The summed E-state index contributed by atoms with van der Waals surface area (Å²) in [7, 11) is 0. The van der Waals surface area contributed by atoms with Crippen LogP contribution in [0.25, 0.3) is 0 Å². The highest BCUT2D eigenvalue weighted by atomic mass is 16.1. The molecule has 0 saturated carbocycles. The van der Waals surface area contributed by atoms with Gasteiger partial charge >= 0.3 is 0 Å². The van der Waals surface area contributed by atoms with E-state index in [-0.39, 0.29) is 5.41 Å². The van der Waals surface area contributed by atoms with E-state index in [1.165, 1.54) is 16.7 Å². The smallest absolute Gasteiger partial charge is 0.155 e. The molecule has 3 rings (SSSR count). The molecular formula is C15H16O. The van der Waals surface area contributed by atoms with Crippen LogP contribution in [0.3, 0.4) is 0 Å². The van der Waals surface area contributed by atoms with Gasteiger partial charge in [0.05, 0.1) is 0 Å². The third-order valence-corrected chi connectivity index (χ3v) is 4.19. The first-order valence-electron chi connectivity index (χ1n) is 6.02. The number of carbonyl (C=O) groups excluding carboxylic acids is 1. The van der Waals surface area contributed by atoms with Crippen molar-refractivity contribution in [3.63, 3.8) is 0 Å². The van der Waals surface area contributed by atoms with Gasteiger partial charge in [0.15, 0.2) is 5.78 Å². The molecule has 2 aliphatic carbocycles. The molecule has 1 aromatic rings. The van der Waals surface area contributed by atoms with Crippen molar-refractivity contribution >= 4 is 5.78 Å². The fraction of sp³-hybridized carbons (Fsp3) is 0.400. The monoisotopic (exact) mass is 212 g/mol. The predicted molar refractivity (Wildman–Crippen MR) is 64.4 cm³/mol. The molecule has 1 aromatic carbocycles. The van der Waals surface area contributed by atoms with Crippen LogP contribution in [-0.2, 0) is 16.6 Å². The van der Waals surface area contributed by atoms with E-state index in [0.29, 0.717) is 12.2 Å². The number of hydrogen-bond acceptors (Lipinski definition) is 1. The Balaban J connectivity index is 2.18. The topological polar surface area (TPSA) is 17.1 Å². The van der Waals surface area contributed by atoms with Gasteiger partial charge in [0.25, 0.3) is 0 Å². The number of benzene rings is 1. The van der Waals surface area contributed by atoms with E-state index in [9.17, 15) is 4.79 Å². The molecular weight excluding hydrogens is 196 g/mol. The van der Waals surface area contributed by atoms with E-state index in [1.54, 1.807) is 0 Å². The molecule has 0 spiro atoms. The molecule has 1 atom stereocenters. The Morgan fingerprint density at radius 1 is 1.12 bits per heavy atom. The standard InChI is InChI=1S/C15H16O/c1-15-9-8-13(16)10-12(15)7-6-11-4-2-3-5-14(11)15/h2-5,10H,6-9H2,1H3/t15-/m1/s1. The molecule has 0 fully saturated rings. The van der Waals surface area contributed by atoms with Crippen molar-refractivity contribution in [2.24, 2.45) is 0 Å². The fourth-order valence-electron chi connectivity index (χ4n) is 3.16. The summed E-state index contributed by atoms with van der Waals surface area (Å²) in [5.74, 6) is 0.312. The summed E-state index contributed by atoms with van der Waals surface area (Å²) in [6.07, 6.45) is 5.73. The summed E-state index contributed by atoms with van der Waals surface area (Å²) in [5, 5.41) is 0. The first-order chi connectivity index (χ1) is 7.70. The highest BCUT2D eigenvalue weighted by Gasteiger charge is 2.38. The van der Waals surface area contributed by atoms with E-state index in [0.717, 1.165) is 19.3 Å². The van der Waals surface area contributed by atoms with Gasteiger partial charge in [-0.15, -0.1) is 0 Å². The lowest BCUT2D eigenvalue weighted by atomic mass is 9.63. The molecule has 0 aromatic heterocycles. The van der Waals surface area contributed by atoms with Crippen molar-refractivity contribution in [1.29, 1.82) is 0 Å². The molecule has 1 heteroatoms. The summed E-state index contributed by atoms with van der Waals surface area (Å²) in [6.45, 7) is 2.29. The molecule has 2 aliphatic rings. The van der Waals surface area contributed by atoms with Crippen LogP contribution in [0.4, 0.5) is 0 Å². The number of ketones is 1. The Morgan fingerprint density at radius 3 is 2.81 bits per heavy atom. The largest absolute Gasteiger partial charge is 0.295 e. The molecule has 82 valence electrons. The van der Waals surface area contributed by atoms with Crippen molar-refractivity contribution < 1.29 is 4.79 Å². The SMILES string of the molecule is C[C@@]12CCC(=O)C=C1CCc1ccccc12. The third-order valence-electron chi connectivity index (χ3n) is 4.19. The van der Waals surface area contributed by atoms with Crippen molar-refractivity contribution in [3.8, 4) is 0 Å². The number of aryl methyl sites for hydroxylation is 1. The Kier molecular flexibility index (Phi) is 2.03. The predicted octanol–water partition coefficient (Wildman–Crippen LogP) is 3.18. The van der Waals surface area contributed by atoms with Crippen LogP contribution in [0.2, 0.25) is 0 Å². The molecule has 0 aliphatic heterocycles. The average Bonchev–Trinajstić information content (AvgIpc) is 2.31. The molecule has 0 radical (unpaired) electrons. The third kappa shape index (κ3) is 1.27. The molecule has 0 bridgehead atoms. The second kappa shape index (κ2) is 3.31. The molecule has 0 amide bonds. The fourth-order valence-corrected chi connectivity index (χ4v) is 3.16. The van der Waals surface area contributed by atoms with Crippen LogP contribution in [-0.4, -0.2) is 5.78 Å². The van der Waals surface area contributed by atoms with Crippen LogP contribution >= 0.6 is 0 Å². The van der Waals surface area contributed by atoms with Crippen molar-refractivity contribution in [2.45, 2.75) is 38.0 Å². The maximum Gasteiger partial charge on any atom is 0.155 e. The van der Waals surface area contributed by atoms with Gasteiger partial charge in [0.2, 0.25) is 0 Å². The number of fused-ring (bicyclic) bond motifs is 3. The zero-order chi connectivity index (χ0) is 11.2. The average molecular weight is 212 g/mol. The number of rotatable bonds is 0. The lowest BCUT2D eigenvalue weighted by Crippen LogP contribution is -2.34. The van der Waals surface area contributed by atoms with Gasteiger partial charge in [-0.05, 0) is 36.5 Å². The molecule has 0 heterocycles. The van der Waals surface area contributed by atoms with E-state index < -0.39 is 0 Å². The van der Waals surface area contributed by atoms with Gasteiger partial charge < -0.3 is 0 Å². The van der Waals surface area contributed by atoms with Crippen LogP contribution in [0, 0.1) is 0 Å². The van der Waals surface area contributed by atoms with Gasteiger partial charge in [0.1, 0.15) is 0 Å². The Morgan fingerprint density at radius 2 is 1.94 bits per heavy atom. The van der Waals surface area contributed by atoms with E-state index in [4.69, 9.17) is 0 Å². The summed E-state index contributed by atoms with van der Waals surface area (Å²) in [5.41, 5.74) is 4.39. The first kappa shape index (κ1) is 9.83. The highest BCUT2D eigenvalue weighted by molar-refractivity contribution is 5.92. The van der Waals surface area contributed by atoms with Gasteiger partial charge in [-0.2, -0.15) is 0 Å². The second-order valence-electron chi connectivity index (χ2n) is 5.13. The van der Waals surface area contributed by atoms with Gasteiger partial charge in [-0.25, -0.2) is 0 Å². The maximum absolute atomic E-state index is 11.5. The molecule has 1 nitrogen and oxygen atoms in total. The minimum atomic E-state index is 0.128. The van der Waals surface area contributed by atoms with Crippen molar-refractivity contribution in [3.05, 3.63) is 47.0 Å². The summed E-state index contributed by atoms with van der Waals surface area (Å²) < 4.78 is 0. The van der Waals surface area contributed by atoms with Gasteiger partial charge in [0, 0.05) is 11.8 Å². The van der Waals surface area contributed by atoms with Crippen LogP contribution in [0.5, 0.6) is 0 Å². The second-order valence-corrected chi connectivity index (χ2v) is 5.13. The minimum absolute atomic E-state index is 0.128. The van der Waals surface area contributed by atoms with Gasteiger partial charge in [-0.1, -0.05) is 36.8 Å². The van der Waals surface area contributed by atoms with E-state index in [1.807, 2.05) is 6.08 Å². The number of allylic oxidation sites excluding steroid dienone is 2. The quantitative estimate of drug-likeness (QED) is 0.645. The molecule has 0 saturated heterocycles. The molecule has 0 N–H and O–H groups in total. The normalized spacial score (nSPS) is 28.1. The zero-order valence-corrected chi connectivity index (χ0v) is 9.62. The zero-order valence-electron chi connectivity index (χ0n) is 9.62. The van der Waals surface area contributed by atoms with E-state index >= 15 is 0 Å². The maximum atomic E-state index is 11.5. The first-order valence-corrected chi connectivity index (χ1v) is 6.02. The number of carbonyl (C=O) groups is 1. The Hall–Kier alpha value is -1.37. The lowest BCUT2D eigenvalue weighted by Gasteiger charge is -2.40. The van der Waals surface area contributed by atoms with Crippen LogP contribution in [0.1, 0.15) is 37.3 Å². The summed E-state index contributed by atoms with van der Waals surface area (Å²) >= 11 is 0. The minimum Gasteiger partial charge on any atom is -0.295 e. The van der Waals surface area contributed by atoms with Gasteiger partial charge in [-0.3, -0.25) is 4.79 Å². The van der Waals surface area contributed by atoms with Crippen LogP contribution in [0.15, 0.2) is 35.9 Å². The van der Waals surface area contributed by atoms with E-state index in [2.05, 4.69) is 31.2 Å². The Labute approximate surface area is 96.2 Å². The molecule has 16 heavy (non-hydrogen) atoms. The molecule has 0 unspecified atom stereocenters. The summed E-state index contributed by atoms with van der Waals surface area (Å²) in [6, 6.07) is 8.69.